The fraction of sp³-hybridized carbons (Fsp3) is 0.545. The van der Waals surface area contributed by atoms with E-state index in [1.54, 1.807) is 0 Å². The van der Waals surface area contributed by atoms with Crippen molar-refractivity contribution in [2.24, 2.45) is 17.1 Å². The second-order valence-corrected chi connectivity index (χ2v) is 8.80. The Morgan fingerprint density at radius 2 is 1.90 bits per heavy atom. The Hall–Kier alpha value is -2.54. The van der Waals surface area contributed by atoms with Crippen molar-refractivity contribution in [1.82, 2.24) is 10.2 Å². The van der Waals surface area contributed by atoms with Gasteiger partial charge in [0.2, 0.25) is 17.7 Å². The van der Waals surface area contributed by atoms with Crippen LogP contribution in [0.15, 0.2) is 30.3 Å². The van der Waals surface area contributed by atoms with Gasteiger partial charge in [-0.3, -0.25) is 24.5 Å². The summed E-state index contributed by atoms with van der Waals surface area (Å²) >= 11 is 0. The van der Waals surface area contributed by atoms with E-state index in [1.807, 2.05) is 44.2 Å². The van der Waals surface area contributed by atoms with Gasteiger partial charge in [0.25, 0.3) is 0 Å². The van der Waals surface area contributed by atoms with Crippen molar-refractivity contribution < 1.29 is 19.2 Å². The molecule has 1 unspecified atom stereocenters. The van der Waals surface area contributed by atoms with Crippen molar-refractivity contribution in [3.63, 3.8) is 0 Å². The number of nitrogens with two attached hydrogens (primary N) is 1. The predicted molar refractivity (Wildman–Crippen MR) is 108 cm³/mol. The lowest BCUT2D eigenvalue weighted by Crippen LogP contribution is -2.53. The van der Waals surface area contributed by atoms with Crippen LogP contribution in [-0.4, -0.2) is 47.0 Å². The molecule has 7 nitrogen and oxygen atoms in total. The minimum absolute atomic E-state index is 0.0344. The van der Waals surface area contributed by atoms with Gasteiger partial charge in [-0.15, -0.1) is 0 Å². The number of imide groups is 1. The topological polar surface area (TPSA) is 110 Å². The van der Waals surface area contributed by atoms with E-state index in [4.69, 9.17) is 5.73 Å². The number of nitrogens with zero attached hydrogens (tertiary/aromatic N) is 1. The van der Waals surface area contributed by atoms with Crippen LogP contribution < -0.4 is 11.1 Å². The molecule has 3 rings (SSSR count). The maximum absolute atomic E-state index is 12.8. The van der Waals surface area contributed by atoms with Crippen LogP contribution in [-0.2, 0) is 25.6 Å². The molecular weight excluding hydrogens is 370 g/mol. The molecule has 29 heavy (non-hydrogen) atoms. The zero-order chi connectivity index (χ0) is 21.2. The normalized spacial score (nSPS) is 24.4. The number of hydrogen-bond acceptors (Lipinski definition) is 5. The van der Waals surface area contributed by atoms with Crippen molar-refractivity contribution in [2.75, 3.05) is 6.54 Å². The summed E-state index contributed by atoms with van der Waals surface area (Å²) in [6.07, 6.45) is 2.06. The van der Waals surface area contributed by atoms with Crippen LogP contribution in [0.2, 0.25) is 0 Å². The number of hydrogen-bond donors (Lipinski definition) is 2. The van der Waals surface area contributed by atoms with Crippen LogP contribution in [0, 0.1) is 11.3 Å². The summed E-state index contributed by atoms with van der Waals surface area (Å²) < 4.78 is 0. The second kappa shape index (κ2) is 8.45. The van der Waals surface area contributed by atoms with Crippen molar-refractivity contribution in [3.05, 3.63) is 35.9 Å². The second-order valence-electron chi connectivity index (χ2n) is 8.80. The lowest BCUT2D eigenvalue weighted by molar-refractivity contribution is -0.143. The van der Waals surface area contributed by atoms with Crippen molar-refractivity contribution in [1.29, 1.82) is 0 Å². The maximum atomic E-state index is 12.8. The Labute approximate surface area is 171 Å². The molecule has 0 bridgehead atoms. The number of amides is 3. The number of carbonyl (C=O) groups is 4. The van der Waals surface area contributed by atoms with Gasteiger partial charge in [-0.1, -0.05) is 44.2 Å². The molecule has 1 saturated carbocycles. The summed E-state index contributed by atoms with van der Waals surface area (Å²) in [5.41, 5.74) is 6.60. The Morgan fingerprint density at radius 1 is 1.21 bits per heavy atom. The Morgan fingerprint density at radius 3 is 2.52 bits per heavy atom. The Kier molecular flexibility index (Phi) is 6.17. The molecule has 0 spiro atoms. The summed E-state index contributed by atoms with van der Waals surface area (Å²) in [4.78, 5) is 51.4. The third-order valence-corrected chi connectivity index (χ3v) is 6.04. The molecule has 1 saturated heterocycles. The minimum Gasteiger partial charge on any atom is -0.329 e. The highest BCUT2D eigenvalue weighted by Crippen LogP contribution is 2.40. The van der Waals surface area contributed by atoms with E-state index < -0.39 is 35.2 Å². The van der Waals surface area contributed by atoms with E-state index in [0.29, 0.717) is 32.2 Å². The molecular formula is C22H29N3O4. The molecule has 1 aromatic carbocycles. The monoisotopic (exact) mass is 399 g/mol. The van der Waals surface area contributed by atoms with Gasteiger partial charge in [0.05, 0.1) is 12.0 Å². The molecule has 2 fully saturated rings. The zero-order valence-electron chi connectivity index (χ0n) is 17.0. The molecule has 0 aromatic heterocycles. The van der Waals surface area contributed by atoms with E-state index in [9.17, 15) is 19.2 Å². The molecule has 1 aliphatic carbocycles. The molecule has 3 atom stereocenters. The van der Waals surface area contributed by atoms with E-state index in [1.165, 1.54) is 4.90 Å². The fourth-order valence-electron chi connectivity index (χ4n) is 4.42. The molecule has 3 amide bonds. The summed E-state index contributed by atoms with van der Waals surface area (Å²) in [5, 5.41) is 2.45. The first-order valence-electron chi connectivity index (χ1n) is 10.2. The van der Waals surface area contributed by atoms with Crippen LogP contribution in [0.3, 0.4) is 0 Å². The maximum Gasteiger partial charge on any atom is 0.249 e. The quantitative estimate of drug-likeness (QED) is 0.723. The highest BCUT2D eigenvalue weighted by atomic mass is 16.2. The Balaban J connectivity index is 1.62. The third kappa shape index (κ3) is 4.72. The number of Topliss-reactive ketones (excluding diaryl/α,β-unsaturated/α-hetero) is 1. The number of carbonyl (C=O) groups excluding carboxylic acids is 4. The number of nitrogens with one attached hydrogen (secondary N) is 1. The zero-order valence-corrected chi connectivity index (χ0v) is 17.0. The molecule has 7 heteroatoms. The van der Waals surface area contributed by atoms with Crippen LogP contribution in [0.4, 0.5) is 0 Å². The Bertz CT molecular complexity index is 806. The van der Waals surface area contributed by atoms with E-state index in [-0.39, 0.29) is 18.1 Å². The number of rotatable bonds is 5. The van der Waals surface area contributed by atoms with Gasteiger partial charge in [-0.05, 0) is 30.2 Å². The van der Waals surface area contributed by atoms with Gasteiger partial charge in [-0.25, -0.2) is 0 Å². The average Bonchev–Trinajstić information content (AvgIpc) is 3.25. The summed E-state index contributed by atoms with van der Waals surface area (Å²) in [6, 6.07) is 8.05. The largest absolute Gasteiger partial charge is 0.329 e. The van der Waals surface area contributed by atoms with Gasteiger partial charge >= 0.3 is 0 Å². The highest BCUT2D eigenvalue weighted by Gasteiger charge is 2.45. The standard InChI is InChI=1S/C22H29N3O4/c1-22(2)13-15(26)12-16(22)19(27)24-20(28)18-9-6-10-25(18)21(29)17(23)11-14-7-4-3-5-8-14/h3-5,7-8,16-18H,6,9-13,23H2,1-2H3,(H,24,27,28)/t16?,17-,18-/m0/s1. The van der Waals surface area contributed by atoms with E-state index in [0.717, 1.165) is 5.56 Å². The fourth-order valence-corrected chi connectivity index (χ4v) is 4.42. The predicted octanol–water partition coefficient (Wildman–Crippen LogP) is 1.20. The summed E-state index contributed by atoms with van der Waals surface area (Å²) in [5.74, 6) is -1.69. The number of benzene rings is 1. The lowest BCUT2D eigenvalue weighted by atomic mass is 9.81. The number of likely N-dealkylation sites (tertiary alicyclic amines) is 1. The van der Waals surface area contributed by atoms with Crippen LogP contribution in [0.1, 0.15) is 45.1 Å². The third-order valence-electron chi connectivity index (χ3n) is 6.04. The smallest absolute Gasteiger partial charge is 0.249 e. The van der Waals surface area contributed by atoms with Gasteiger partial charge in [-0.2, -0.15) is 0 Å². The minimum atomic E-state index is -0.743. The summed E-state index contributed by atoms with van der Waals surface area (Å²) in [7, 11) is 0. The highest BCUT2D eigenvalue weighted by molar-refractivity contribution is 6.03. The molecule has 2 aliphatic rings. The van der Waals surface area contributed by atoms with Gasteiger partial charge in [0.15, 0.2) is 0 Å². The first-order valence-corrected chi connectivity index (χ1v) is 10.2. The number of ketones is 1. The van der Waals surface area contributed by atoms with Crippen molar-refractivity contribution in [3.8, 4) is 0 Å². The van der Waals surface area contributed by atoms with Gasteiger partial charge in [0, 0.05) is 19.4 Å². The van der Waals surface area contributed by atoms with Crippen molar-refractivity contribution >= 4 is 23.5 Å². The molecule has 0 radical (unpaired) electrons. The lowest BCUT2D eigenvalue weighted by Gasteiger charge is -2.28. The van der Waals surface area contributed by atoms with E-state index >= 15 is 0 Å². The van der Waals surface area contributed by atoms with Gasteiger partial charge in [0.1, 0.15) is 11.8 Å². The molecule has 156 valence electrons. The molecule has 1 aromatic rings. The van der Waals surface area contributed by atoms with Gasteiger partial charge < -0.3 is 10.6 Å². The van der Waals surface area contributed by atoms with Crippen LogP contribution in [0.25, 0.3) is 0 Å². The molecule has 3 N–H and O–H groups in total. The summed E-state index contributed by atoms with van der Waals surface area (Å²) in [6.45, 7) is 4.17. The molecule has 1 heterocycles. The first-order chi connectivity index (χ1) is 13.7. The SMILES string of the molecule is CC1(C)CC(=O)CC1C(=O)NC(=O)[C@@H]1CCCN1C(=O)[C@@H](N)Cc1ccccc1. The van der Waals surface area contributed by atoms with Crippen LogP contribution >= 0.6 is 0 Å². The van der Waals surface area contributed by atoms with Crippen LogP contribution in [0.5, 0.6) is 0 Å². The van der Waals surface area contributed by atoms with Crippen molar-refractivity contribution in [2.45, 2.75) is 58.0 Å². The first kappa shape index (κ1) is 21.2. The average molecular weight is 399 g/mol. The molecule has 1 aliphatic heterocycles. The van der Waals surface area contributed by atoms with E-state index in [2.05, 4.69) is 5.32 Å².